The Kier molecular flexibility index (Phi) is 4.10. The van der Waals surface area contributed by atoms with Gasteiger partial charge in [0, 0.05) is 6.08 Å². The van der Waals surface area contributed by atoms with Gasteiger partial charge in [-0.2, -0.15) is 0 Å². The van der Waals surface area contributed by atoms with Gasteiger partial charge in [-0.3, -0.25) is 0 Å². The first-order chi connectivity index (χ1) is 6.72. The van der Waals surface area contributed by atoms with Crippen LogP contribution >= 0.6 is 0 Å². The van der Waals surface area contributed by atoms with E-state index in [1.807, 2.05) is 6.92 Å². The maximum absolute atomic E-state index is 10.9. The molecule has 0 aromatic rings. The molecule has 0 amide bonds. The summed E-state index contributed by atoms with van der Waals surface area (Å²) in [5.74, 6) is -0.424. The van der Waals surface area contributed by atoms with Crippen LogP contribution in [0.15, 0.2) is 12.7 Å². The van der Waals surface area contributed by atoms with Gasteiger partial charge >= 0.3 is 5.97 Å². The molecule has 4 nitrogen and oxygen atoms in total. The zero-order chi connectivity index (χ0) is 10.4. The van der Waals surface area contributed by atoms with E-state index in [4.69, 9.17) is 14.2 Å². The minimum absolute atomic E-state index is 0.231. The molecular weight excluding hydrogens is 184 g/mol. The molecule has 14 heavy (non-hydrogen) atoms. The SMILES string of the molecule is C=CC(=O)OCC1(CC)COCCO1. The molecule has 80 valence electrons. The molecule has 0 spiro atoms. The van der Waals surface area contributed by atoms with Crippen molar-refractivity contribution in [3.05, 3.63) is 12.7 Å². The zero-order valence-electron chi connectivity index (χ0n) is 8.45. The van der Waals surface area contributed by atoms with E-state index in [9.17, 15) is 4.79 Å². The number of hydrogen-bond acceptors (Lipinski definition) is 4. The molecule has 1 aliphatic heterocycles. The van der Waals surface area contributed by atoms with Crippen molar-refractivity contribution in [1.82, 2.24) is 0 Å². The Balaban J connectivity index is 2.43. The predicted octanol–water partition coefficient (Wildman–Crippen LogP) is 0.911. The zero-order valence-corrected chi connectivity index (χ0v) is 8.45. The maximum Gasteiger partial charge on any atom is 0.330 e. The van der Waals surface area contributed by atoms with E-state index >= 15 is 0 Å². The van der Waals surface area contributed by atoms with Crippen molar-refractivity contribution in [1.29, 1.82) is 0 Å². The van der Waals surface area contributed by atoms with E-state index in [0.717, 1.165) is 12.5 Å². The van der Waals surface area contributed by atoms with Crippen LogP contribution in [0.2, 0.25) is 0 Å². The number of carbonyl (C=O) groups excluding carboxylic acids is 1. The molecule has 0 aromatic carbocycles. The highest BCUT2D eigenvalue weighted by atomic mass is 16.6. The van der Waals surface area contributed by atoms with Crippen molar-refractivity contribution in [3.8, 4) is 0 Å². The average molecular weight is 200 g/mol. The van der Waals surface area contributed by atoms with Crippen molar-refractivity contribution in [2.75, 3.05) is 26.4 Å². The van der Waals surface area contributed by atoms with Crippen molar-refractivity contribution >= 4 is 5.97 Å². The topological polar surface area (TPSA) is 44.8 Å². The summed E-state index contributed by atoms with van der Waals surface area (Å²) < 4.78 is 15.8. The van der Waals surface area contributed by atoms with Gasteiger partial charge < -0.3 is 14.2 Å². The van der Waals surface area contributed by atoms with Crippen LogP contribution in [0, 0.1) is 0 Å². The van der Waals surface area contributed by atoms with Gasteiger partial charge in [-0.15, -0.1) is 0 Å². The summed E-state index contributed by atoms with van der Waals surface area (Å²) >= 11 is 0. The van der Waals surface area contributed by atoms with E-state index in [2.05, 4.69) is 6.58 Å². The lowest BCUT2D eigenvalue weighted by atomic mass is 10.0. The molecule has 1 fully saturated rings. The first-order valence-corrected chi connectivity index (χ1v) is 4.73. The lowest BCUT2D eigenvalue weighted by Crippen LogP contribution is -2.46. The Morgan fingerprint density at radius 3 is 2.93 bits per heavy atom. The van der Waals surface area contributed by atoms with E-state index < -0.39 is 11.6 Å². The smallest absolute Gasteiger partial charge is 0.330 e. The molecule has 1 rings (SSSR count). The monoisotopic (exact) mass is 200 g/mol. The van der Waals surface area contributed by atoms with Crippen LogP contribution in [0.25, 0.3) is 0 Å². The van der Waals surface area contributed by atoms with E-state index in [-0.39, 0.29) is 6.61 Å². The third-order valence-corrected chi connectivity index (χ3v) is 2.29. The molecule has 0 saturated carbocycles. The summed E-state index contributed by atoms with van der Waals surface area (Å²) in [6, 6.07) is 0. The first kappa shape index (κ1) is 11.2. The van der Waals surface area contributed by atoms with Crippen LogP contribution in [0.1, 0.15) is 13.3 Å². The van der Waals surface area contributed by atoms with Crippen molar-refractivity contribution in [3.63, 3.8) is 0 Å². The van der Waals surface area contributed by atoms with Gasteiger partial charge in [-0.1, -0.05) is 13.5 Å². The number of esters is 1. The van der Waals surface area contributed by atoms with Crippen molar-refractivity contribution < 1.29 is 19.0 Å². The minimum atomic E-state index is -0.461. The summed E-state index contributed by atoms with van der Waals surface area (Å²) in [5.41, 5.74) is -0.461. The largest absolute Gasteiger partial charge is 0.459 e. The molecule has 1 aliphatic rings. The number of rotatable bonds is 4. The van der Waals surface area contributed by atoms with Gasteiger partial charge in [0.2, 0.25) is 0 Å². The number of ether oxygens (including phenoxy) is 3. The van der Waals surface area contributed by atoms with E-state index in [0.29, 0.717) is 19.8 Å². The average Bonchev–Trinajstić information content (AvgIpc) is 2.27. The number of hydrogen-bond donors (Lipinski definition) is 0. The Bertz CT molecular complexity index is 206. The molecule has 1 atom stereocenters. The summed E-state index contributed by atoms with van der Waals surface area (Å²) in [6.07, 6.45) is 1.91. The number of carbonyl (C=O) groups is 1. The predicted molar refractivity (Wildman–Crippen MR) is 50.9 cm³/mol. The van der Waals surface area contributed by atoms with Gasteiger partial charge in [0.05, 0.1) is 19.8 Å². The second-order valence-electron chi connectivity index (χ2n) is 3.25. The van der Waals surface area contributed by atoms with Gasteiger partial charge in [-0.25, -0.2) is 4.79 Å². The lowest BCUT2D eigenvalue weighted by Gasteiger charge is -2.35. The standard InChI is InChI=1S/C10H16O4/c1-3-9(11)13-8-10(4-2)7-12-5-6-14-10/h3H,1,4-8H2,2H3. The Morgan fingerprint density at radius 2 is 2.43 bits per heavy atom. The van der Waals surface area contributed by atoms with Crippen molar-refractivity contribution in [2.24, 2.45) is 0 Å². The molecule has 0 aromatic heterocycles. The van der Waals surface area contributed by atoms with Gasteiger partial charge in [-0.05, 0) is 6.42 Å². The Morgan fingerprint density at radius 1 is 1.64 bits per heavy atom. The molecule has 4 heteroatoms. The third-order valence-electron chi connectivity index (χ3n) is 2.29. The van der Waals surface area contributed by atoms with Gasteiger partial charge in [0.1, 0.15) is 12.2 Å². The van der Waals surface area contributed by atoms with Crippen LogP contribution in [0.5, 0.6) is 0 Å². The highest BCUT2D eigenvalue weighted by Gasteiger charge is 2.33. The molecule has 1 saturated heterocycles. The molecule has 0 N–H and O–H groups in total. The normalized spacial score (nSPS) is 26.9. The summed E-state index contributed by atoms with van der Waals surface area (Å²) in [6.45, 7) is 7.18. The fraction of sp³-hybridized carbons (Fsp3) is 0.700. The second kappa shape index (κ2) is 5.12. The summed E-state index contributed by atoms with van der Waals surface area (Å²) in [7, 11) is 0. The molecule has 1 unspecified atom stereocenters. The summed E-state index contributed by atoms with van der Waals surface area (Å²) in [5, 5.41) is 0. The third kappa shape index (κ3) is 2.82. The Hall–Kier alpha value is -0.870. The molecule has 1 heterocycles. The molecule has 0 radical (unpaired) electrons. The highest BCUT2D eigenvalue weighted by molar-refractivity contribution is 5.81. The van der Waals surface area contributed by atoms with Crippen molar-refractivity contribution in [2.45, 2.75) is 18.9 Å². The highest BCUT2D eigenvalue weighted by Crippen LogP contribution is 2.20. The van der Waals surface area contributed by atoms with Crippen LogP contribution in [0.4, 0.5) is 0 Å². The van der Waals surface area contributed by atoms with Gasteiger partial charge in [0.15, 0.2) is 0 Å². The Labute approximate surface area is 83.8 Å². The van der Waals surface area contributed by atoms with Crippen LogP contribution in [0.3, 0.4) is 0 Å². The summed E-state index contributed by atoms with van der Waals surface area (Å²) in [4.78, 5) is 10.9. The van der Waals surface area contributed by atoms with Crippen LogP contribution in [-0.2, 0) is 19.0 Å². The fourth-order valence-corrected chi connectivity index (χ4v) is 1.27. The van der Waals surface area contributed by atoms with Gasteiger partial charge in [0.25, 0.3) is 0 Å². The quantitative estimate of drug-likeness (QED) is 0.500. The second-order valence-corrected chi connectivity index (χ2v) is 3.25. The molecule has 0 aliphatic carbocycles. The maximum atomic E-state index is 10.9. The van der Waals surface area contributed by atoms with E-state index in [1.165, 1.54) is 0 Å². The fourth-order valence-electron chi connectivity index (χ4n) is 1.27. The van der Waals surface area contributed by atoms with Crippen LogP contribution in [-0.4, -0.2) is 38.0 Å². The molecule has 0 bridgehead atoms. The first-order valence-electron chi connectivity index (χ1n) is 4.73. The minimum Gasteiger partial charge on any atom is -0.459 e. The molecular formula is C10H16O4. The van der Waals surface area contributed by atoms with E-state index in [1.54, 1.807) is 0 Å². The van der Waals surface area contributed by atoms with Crippen LogP contribution < -0.4 is 0 Å². The lowest BCUT2D eigenvalue weighted by molar-refractivity contribution is -0.187.